The number of rotatable bonds is 6. The highest BCUT2D eigenvalue weighted by molar-refractivity contribution is 5.96. The van der Waals surface area contributed by atoms with E-state index in [1.54, 1.807) is 0 Å². The lowest BCUT2D eigenvalue weighted by Crippen LogP contribution is -2.36. The molecular formula is C20H31NO2. The van der Waals surface area contributed by atoms with Gasteiger partial charge in [0, 0.05) is 25.1 Å². The minimum atomic E-state index is 0.225. The molecule has 1 fully saturated rings. The van der Waals surface area contributed by atoms with Gasteiger partial charge in [0.05, 0.1) is 6.61 Å². The molecule has 1 aromatic rings. The number of Topliss-reactive ketones (excluding diaryl/α,β-unsaturated/α-hetero) is 1. The number of nitrogens with zero attached hydrogens (tertiary/aromatic N) is 1. The van der Waals surface area contributed by atoms with Gasteiger partial charge in [0.25, 0.3) is 0 Å². The zero-order chi connectivity index (χ0) is 16.9. The molecule has 0 N–H and O–H groups in total. The molecule has 128 valence electrons. The van der Waals surface area contributed by atoms with E-state index in [0.717, 1.165) is 36.9 Å². The summed E-state index contributed by atoms with van der Waals surface area (Å²) in [5, 5.41) is 0. The predicted octanol–water partition coefficient (Wildman–Crippen LogP) is 4.42. The van der Waals surface area contributed by atoms with Crippen LogP contribution in [0.3, 0.4) is 0 Å². The van der Waals surface area contributed by atoms with Gasteiger partial charge in [0.1, 0.15) is 5.75 Å². The Morgan fingerprint density at radius 3 is 2.65 bits per heavy atom. The maximum atomic E-state index is 12.4. The lowest BCUT2D eigenvalue weighted by molar-refractivity contribution is 0.0946. The fraction of sp³-hybridized carbons (Fsp3) is 0.650. The van der Waals surface area contributed by atoms with Crippen molar-refractivity contribution in [3.63, 3.8) is 0 Å². The Morgan fingerprint density at radius 2 is 2.00 bits per heavy atom. The van der Waals surface area contributed by atoms with E-state index in [0.29, 0.717) is 18.4 Å². The number of hydrogen-bond acceptors (Lipinski definition) is 3. The molecule has 0 spiro atoms. The molecule has 0 bridgehead atoms. The molecule has 0 saturated carbocycles. The van der Waals surface area contributed by atoms with Crippen LogP contribution in [0.25, 0.3) is 0 Å². The molecule has 2 rings (SSSR count). The molecule has 1 unspecified atom stereocenters. The third-order valence-corrected chi connectivity index (χ3v) is 5.22. The van der Waals surface area contributed by atoms with Crippen molar-refractivity contribution in [2.45, 2.75) is 47.0 Å². The van der Waals surface area contributed by atoms with Crippen LogP contribution in [0.1, 0.15) is 57.3 Å². The zero-order valence-corrected chi connectivity index (χ0v) is 15.1. The molecule has 1 atom stereocenters. The van der Waals surface area contributed by atoms with Crippen molar-refractivity contribution >= 4 is 5.78 Å². The first-order valence-corrected chi connectivity index (χ1v) is 8.91. The standard InChI is InChI=1S/C20H31NO2/c1-5-23-18-10-8-17(9-11-18)19(22)12-14-21-13-6-7-16(2)20(3,4)15-21/h8-11,16H,5-7,12-15H2,1-4H3. The summed E-state index contributed by atoms with van der Waals surface area (Å²) in [6, 6.07) is 7.52. The van der Waals surface area contributed by atoms with E-state index in [2.05, 4.69) is 25.7 Å². The molecule has 1 heterocycles. The molecular weight excluding hydrogens is 286 g/mol. The van der Waals surface area contributed by atoms with E-state index < -0.39 is 0 Å². The molecule has 23 heavy (non-hydrogen) atoms. The summed E-state index contributed by atoms with van der Waals surface area (Å²) < 4.78 is 5.42. The smallest absolute Gasteiger partial charge is 0.164 e. The number of carbonyl (C=O) groups is 1. The highest BCUT2D eigenvalue weighted by Crippen LogP contribution is 2.33. The van der Waals surface area contributed by atoms with Gasteiger partial charge in [0.2, 0.25) is 0 Å². The normalized spacial score (nSPS) is 21.7. The molecule has 0 radical (unpaired) electrons. The average Bonchev–Trinajstić information content (AvgIpc) is 2.64. The van der Waals surface area contributed by atoms with Gasteiger partial charge in [-0.05, 0) is 61.9 Å². The Kier molecular flexibility index (Phi) is 6.23. The Balaban J connectivity index is 1.88. The minimum Gasteiger partial charge on any atom is -0.494 e. The van der Waals surface area contributed by atoms with E-state index in [9.17, 15) is 4.79 Å². The van der Waals surface area contributed by atoms with E-state index in [1.165, 1.54) is 12.8 Å². The van der Waals surface area contributed by atoms with Crippen LogP contribution < -0.4 is 4.74 Å². The number of benzene rings is 1. The van der Waals surface area contributed by atoms with E-state index >= 15 is 0 Å². The maximum Gasteiger partial charge on any atom is 0.164 e. The number of carbonyl (C=O) groups excluding carboxylic acids is 1. The zero-order valence-electron chi connectivity index (χ0n) is 15.1. The summed E-state index contributed by atoms with van der Waals surface area (Å²) in [6.45, 7) is 12.7. The first kappa shape index (κ1) is 18.0. The summed E-state index contributed by atoms with van der Waals surface area (Å²) >= 11 is 0. The first-order chi connectivity index (χ1) is 10.9. The van der Waals surface area contributed by atoms with Crippen LogP contribution >= 0.6 is 0 Å². The third-order valence-electron chi connectivity index (χ3n) is 5.22. The molecule has 0 aromatic heterocycles. The van der Waals surface area contributed by atoms with Gasteiger partial charge in [-0.1, -0.05) is 20.8 Å². The van der Waals surface area contributed by atoms with Gasteiger partial charge < -0.3 is 9.64 Å². The fourth-order valence-corrected chi connectivity index (χ4v) is 3.32. The molecule has 1 saturated heterocycles. The van der Waals surface area contributed by atoms with Crippen LogP contribution in [0.4, 0.5) is 0 Å². The quantitative estimate of drug-likeness (QED) is 0.728. The van der Waals surface area contributed by atoms with Gasteiger partial charge in [0.15, 0.2) is 5.78 Å². The number of ketones is 1. The molecule has 1 aromatic carbocycles. The van der Waals surface area contributed by atoms with Gasteiger partial charge in [-0.15, -0.1) is 0 Å². The Hall–Kier alpha value is -1.35. The highest BCUT2D eigenvalue weighted by atomic mass is 16.5. The second-order valence-corrected chi connectivity index (χ2v) is 7.44. The lowest BCUT2D eigenvalue weighted by Gasteiger charge is -2.33. The first-order valence-electron chi connectivity index (χ1n) is 8.91. The number of likely N-dealkylation sites (tertiary alicyclic amines) is 1. The van der Waals surface area contributed by atoms with Crippen LogP contribution in [-0.2, 0) is 0 Å². The molecule has 3 nitrogen and oxygen atoms in total. The predicted molar refractivity (Wildman–Crippen MR) is 95.2 cm³/mol. The molecule has 1 aliphatic rings. The van der Waals surface area contributed by atoms with Crippen LogP contribution in [0.2, 0.25) is 0 Å². The van der Waals surface area contributed by atoms with Crippen LogP contribution in [0.15, 0.2) is 24.3 Å². The van der Waals surface area contributed by atoms with Crippen LogP contribution in [0.5, 0.6) is 5.75 Å². The van der Waals surface area contributed by atoms with Gasteiger partial charge in [-0.2, -0.15) is 0 Å². The second kappa shape index (κ2) is 7.96. The van der Waals surface area contributed by atoms with Crippen molar-refractivity contribution in [1.82, 2.24) is 4.90 Å². The summed E-state index contributed by atoms with van der Waals surface area (Å²) in [5.41, 5.74) is 1.12. The number of hydrogen-bond donors (Lipinski definition) is 0. The maximum absolute atomic E-state index is 12.4. The fourth-order valence-electron chi connectivity index (χ4n) is 3.32. The van der Waals surface area contributed by atoms with E-state index in [1.807, 2.05) is 31.2 Å². The Labute approximate surface area is 141 Å². The largest absolute Gasteiger partial charge is 0.494 e. The molecule has 0 aliphatic carbocycles. The topological polar surface area (TPSA) is 29.5 Å². The van der Waals surface area contributed by atoms with Gasteiger partial charge in [-0.3, -0.25) is 4.79 Å². The van der Waals surface area contributed by atoms with Crippen LogP contribution in [0, 0.1) is 11.3 Å². The highest BCUT2D eigenvalue weighted by Gasteiger charge is 2.30. The SMILES string of the molecule is CCOc1ccc(C(=O)CCN2CCCC(C)C(C)(C)C2)cc1. The lowest BCUT2D eigenvalue weighted by atomic mass is 9.78. The molecule has 1 aliphatic heterocycles. The Bertz CT molecular complexity index is 507. The third kappa shape index (κ3) is 5.07. The van der Waals surface area contributed by atoms with Crippen molar-refractivity contribution in [2.75, 3.05) is 26.2 Å². The second-order valence-electron chi connectivity index (χ2n) is 7.44. The van der Waals surface area contributed by atoms with Crippen molar-refractivity contribution in [2.24, 2.45) is 11.3 Å². The Morgan fingerprint density at radius 1 is 1.30 bits per heavy atom. The van der Waals surface area contributed by atoms with E-state index in [4.69, 9.17) is 4.74 Å². The summed E-state index contributed by atoms with van der Waals surface area (Å²) in [5.74, 6) is 1.80. The van der Waals surface area contributed by atoms with Crippen molar-refractivity contribution < 1.29 is 9.53 Å². The summed E-state index contributed by atoms with van der Waals surface area (Å²) in [6.07, 6.45) is 3.12. The van der Waals surface area contributed by atoms with Gasteiger partial charge >= 0.3 is 0 Å². The van der Waals surface area contributed by atoms with Crippen molar-refractivity contribution in [3.8, 4) is 5.75 Å². The molecule has 3 heteroatoms. The monoisotopic (exact) mass is 317 g/mol. The van der Waals surface area contributed by atoms with E-state index in [-0.39, 0.29) is 5.78 Å². The van der Waals surface area contributed by atoms with Crippen molar-refractivity contribution in [3.05, 3.63) is 29.8 Å². The van der Waals surface area contributed by atoms with Crippen molar-refractivity contribution in [1.29, 1.82) is 0 Å². The number of ether oxygens (including phenoxy) is 1. The van der Waals surface area contributed by atoms with Crippen LogP contribution in [-0.4, -0.2) is 36.9 Å². The summed E-state index contributed by atoms with van der Waals surface area (Å²) in [4.78, 5) is 14.9. The molecule has 0 amide bonds. The average molecular weight is 317 g/mol. The summed E-state index contributed by atoms with van der Waals surface area (Å²) in [7, 11) is 0. The minimum absolute atomic E-state index is 0.225. The van der Waals surface area contributed by atoms with Gasteiger partial charge in [-0.25, -0.2) is 0 Å².